The van der Waals surface area contributed by atoms with Gasteiger partial charge in [-0.1, -0.05) is 36.4 Å². The van der Waals surface area contributed by atoms with Crippen LogP contribution in [0.3, 0.4) is 0 Å². The molecule has 0 spiro atoms. The first-order valence-corrected chi connectivity index (χ1v) is 7.50. The van der Waals surface area contributed by atoms with Crippen molar-refractivity contribution in [3.8, 4) is 5.75 Å². The molecule has 0 atom stereocenters. The standard InChI is InChI=1S/C19H19NO2/c1-3-20-17-11-13(2)9-10-15(17)18(21)16(19(20)22)12-14-7-5-4-6-8-14/h4-11,21H,3,12H2,1-2H3. The zero-order valence-corrected chi connectivity index (χ0v) is 12.8. The lowest BCUT2D eigenvalue weighted by molar-refractivity contribution is 0.472. The Morgan fingerprint density at radius 1 is 1.09 bits per heavy atom. The number of fused-ring (bicyclic) bond motifs is 1. The third kappa shape index (κ3) is 2.39. The van der Waals surface area contributed by atoms with Crippen molar-refractivity contribution in [1.29, 1.82) is 0 Å². The molecule has 3 aromatic rings. The quantitative estimate of drug-likeness (QED) is 0.801. The first-order valence-electron chi connectivity index (χ1n) is 7.50. The number of benzene rings is 2. The van der Waals surface area contributed by atoms with Crippen molar-refractivity contribution >= 4 is 10.9 Å². The van der Waals surface area contributed by atoms with Crippen LogP contribution in [-0.4, -0.2) is 9.67 Å². The van der Waals surface area contributed by atoms with E-state index in [0.29, 0.717) is 18.5 Å². The zero-order valence-electron chi connectivity index (χ0n) is 12.8. The van der Waals surface area contributed by atoms with Crippen LogP contribution in [0.15, 0.2) is 53.3 Å². The van der Waals surface area contributed by atoms with Crippen molar-refractivity contribution in [3.63, 3.8) is 0 Å². The van der Waals surface area contributed by atoms with Gasteiger partial charge in [-0.25, -0.2) is 0 Å². The van der Waals surface area contributed by atoms with E-state index < -0.39 is 0 Å². The Bertz CT molecular complexity index is 879. The summed E-state index contributed by atoms with van der Waals surface area (Å²) in [4.78, 5) is 12.8. The highest BCUT2D eigenvalue weighted by atomic mass is 16.3. The Kier molecular flexibility index (Phi) is 3.72. The molecule has 0 saturated heterocycles. The molecular weight excluding hydrogens is 274 g/mol. The van der Waals surface area contributed by atoms with Crippen molar-refractivity contribution in [2.45, 2.75) is 26.8 Å². The summed E-state index contributed by atoms with van der Waals surface area (Å²) in [7, 11) is 0. The predicted octanol–water partition coefficient (Wildman–Crippen LogP) is 3.63. The first kappa shape index (κ1) is 14.4. The summed E-state index contributed by atoms with van der Waals surface area (Å²) in [6, 6.07) is 15.6. The second-order valence-electron chi connectivity index (χ2n) is 5.56. The second-order valence-corrected chi connectivity index (χ2v) is 5.56. The minimum absolute atomic E-state index is 0.105. The topological polar surface area (TPSA) is 42.2 Å². The lowest BCUT2D eigenvalue weighted by Gasteiger charge is -2.14. The van der Waals surface area contributed by atoms with Gasteiger partial charge in [-0.15, -0.1) is 0 Å². The molecular formula is C19H19NO2. The van der Waals surface area contributed by atoms with Gasteiger partial charge in [0.2, 0.25) is 0 Å². The molecule has 3 rings (SSSR count). The average molecular weight is 293 g/mol. The lowest BCUT2D eigenvalue weighted by atomic mass is 10.0. The number of hydrogen-bond donors (Lipinski definition) is 1. The maximum absolute atomic E-state index is 12.8. The van der Waals surface area contributed by atoms with Gasteiger partial charge in [0.15, 0.2) is 0 Å². The summed E-state index contributed by atoms with van der Waals surface area (Å²) >= 11 is 0. The minimum atomic E-state index is -0.109. The molecule has 0 aliphatic heterocycles. The third-order valence-electron chi connectivity index (χ3n) is 4.03. The maximum Gasteiger partial charge on any atom is 0.258 e. The Morgan fingerprint density at radius 3 is 2.50 bits per heavy atom. The van der Waals surface area contributed by atoms with Crippen LogP contribution in [0.25, 0.3) is 10.9 Å². The highest BCUT2D eigenvalue weighted by Crippen LogP contribution is 2.28. The van der Waals surface area contributed by atoms with Crippen LogP contribution < -0.4 is 5.56 Å². The van der Waals surface area contributed by atoms with Crippen molar-refractivity contribution in [2.75, 3.05) is 0 Å². The minimum Gasteiger partial charge on any atom is -0.507 e. The van der Waals surface area contributed by atoms with Crippen molar-refractivity contribution in [1.82, 2.24) is 4.57 Å². The molecule has 0 saturated carbocycles. The van der Waals surface area contributed by atoms with Crippen LogP contribution in [0, 0.1) is 6.92 Å². The van der Waals surface area contributed by atoms with E-state index >= 15 is 0 Å². The zero-order chi connectivity index (χ0) is 15.7. The van der Waals surface area contributed by atoms with Gasteiger partial charge in [0.1, 0.15) is 5.75 Å². The normalized spacial score (nSPS) is 11.0. The number of aromatic nitrogens is 1. The van der Waals surface area contributed by atoms with Crippen molar-refractivity contribution in [3.05, 3.63) is 75.6 Å². The van der Waals surface area contributed by atoms with Crippen LogP contribution >= 0.6 is 0 Å². The molecule has 1 aromatic heterocycles. The summed E-state index contributed by atoms with van der Waals surface area (Å²) in [5.41, 5.74) is 3.24. The molecule has 22 heavy (non-hydrogen) atoms. The molecule has 0 bridgehead atoms. The van der Waals surface area contributed by atoms with Gasteiger partial charge >= 0.3 is 0 Å². The number of pyridine rings is 1. The SMILES string of the molecule is CCn1c(=O)c(Cc2ccccc2)c(O)c2ccc(C)cc21. The van der Waals surface area contributed by atoms with E-state index in [-0.39, 0.29) is 11.3 Å². The average Bonchev–Trinajstić information content (AvgIpc) is 2.53. The van der Waals surface area contributed by atoms with Crippen LogP contribution in [0.2, 0.25) is 0 Å². The van der Waals surface area contributed by atoms with Crippen LogP contribution in [-0.2, 0) is 13.0 Å². The maximum atomic E-state index is 12.8. The number of hydrogen-bond acceptors (Lipinski definition) is 2. The lowest BCUT2D eigenvalue weighted by Crippen LogP contribution is -2.24. The third-order valence-corrected chi connectivity index (χ3v) is 4.03. The Balaban J connectivity index is 2.27. The molecule has 0 fully saturated rings. The predicted molar refractivity (Wildman–Crippen MR) is 89.5 cm³/mol. The van der Waals surface area contributed by atoms with E-state index in [0.717, 1.165) is 22.0 Å². The Morgan fingerprint density at radius 2 is 1.82 bits per heavy atom. The summed E-state index contributed by atoms with van der Waals surface area (Å²) in [5.74, 6) is 0.105. The van der Waals surface area contributed by atoms with E-state index in [1.807, 2.05) is 62.4 Å². The summed E-state index contributed by atoms with van der Waals surface area (Å²) < 4.78 is 1.74. The summed E-state index contributed by atoms with van der Waals surface area (Å²) in [5, 5.41) is 11.3. The molecule has 0 aliphatic rings. The molecule has 2 aromatic carbocycles. The van der Waals surface area contributed by atoms with Gasteiger partial charge in [-0.2, -0.15) is 0 Å². The Labute approximate surface area is 129 Å². The number of nitrogens with zero attached hydrogens (tertiary/aromatic N) is 1. The molecule has 1 heterocycles. The number of aromatic hydroxyl groups is 1. The largest absolute Gasteiger partial charge is 0.507 e. The van der Waals surface area contributed by atoms with E-state index in [1.54, 1.807) is 4.57 Å². The molecule has 3 nitrogen and oxygen atoms in total. The fourth-order valence-electron chi connectivity index (χ4n) is 2.87. The van der Waals surface area contributed by atoms with Gasteiger partial charge < -0.3 is 9.67 Å². The molecule has 0 amide bonds. The van der Waals surface area contributed by atoms with E-state index in [1.165, 1.54) is 0 Å². The number of rotatable bonds is 3. The van der Waals surface area contributed by atoms with Crippen molar-refractivity contribution < 1.29 is 5.11 Å². The fraction of sp³-hybridized carbons (Fsp3) is 0.211. The fourth-order valence-corrected chi connectivity index (χ4v) is 2.87. The van der Waals surface area contributed by atoms with E-state index in [2.05, 4.69) is 0 Å². The van der Waals surface area contributed by atoms with Gasteiger partial charge in [0.25, 0.3) is 5.56 Å². The Hall–Kier alpha value is -2.55. The molecule has 0 radical (unpaired) electrons. The summed E-state index contributed by atoms with van der Waals surface area (Å²) in [6.45, 7) is 4.52. The highest BCUT2D eigenvalue weighted by Gasteiger charge is 2.16. The molecule has 0 aliphatic carbocycles. The van der Waals surface area contributed by atoms with Gasteiger partial charge in [0, 0.05) is 18.4 Å². The van der Waals surface area contributed by atoms with Gasteiger partial charge in [-0.05, 0) is 37.1 Å². The smallest absolute Gasteiger partial charge is 0.258 e. The van der Waals surface area contributed by atoms with Gasteiger partial charge in [0.05, 0.1) is 11.1 Å². The molecule has 3 heteroatoms. The number of aryl methyl sites for hydroxylation is 2. The van der Waals surface area contributed by atoms with Crippen molar-refractivity contribution in [2.24, 2.45) is 0 Å². The highest BCUT2D eigenvalue weighted by molar-refractivity contribution is 5.87. The second kappa shape index (κ2) is 5.68. The van der Waals surface area contributed by atoms with Gasteiger partial charge in [-0.3, -0.25) is 4.79 Å². The first-order chi connectivity index (χ1) is 10.6. The molecule has 1 N–H and O–H groups in total. The van der Waals surface area contributed by atoms with E-state index in [4.69, 9.17) is 0 Å². The summed E-state index contributed by atoms with van der Waals surface area (Å²) in [6.07, 6.45) is 0.440. The molecule has 0 unspecified atom stereocenters. The van der Waals surface area contributed by atoms with E-state index in [9.17, 15) is 9.90 Å². The monoisotopic (exact) mass is 293 g/mol. The molecule has 112 valence electrons. The van der Waals surface area contributed by atoms with Crippen LogP contribution in [0.1, 0.15) is 23.6 Å². The van der Waals surface area contributed by atoms with Crippen LogP contribution in [0.4, 0.5) is 0 Å². The van der Waals surface area contributed by atoms with Crippen LogP contribution in [0.5, 0.6) is 5.75 Å².